The van der Waals surface area contributed by atoms with Crippen LogP contribution in [0.25, 0.3) is 0 Å². The first-order valence-electron chi connectivity index (χ1n) is 12.2. The molecule has 7 nitrogen and oxygen atoms in total. The van der Waals surface area contributed by atoms with E-state index in [4.69, 9.17) is 11.5 Å². The Balaban J connectivity index is 0.000000272. The third kappa shape index (κ3) is 13.3. The molecule has 0 aliphatic heterocycles. The van der Waals surface area contributed by atoms with E-state index in [1.165, 1.54) is 86.7 Å². The number of anilines is 2. The number of aryl methyl sites for hydroxylation is 2. The summed E-state index contributed by atoms with van der Waals surface area (Å²) >= 11 is 5.56. The highest BCUT2D eigenvalue weighted by Crippen LogP contribution is 2.30. The van der Waals surface area contributed by atoms with E-state index in [1.54, 1.807) is 11.6 Å². The van der Waals surface area contributed by atoms with Gasteiger partial charge in [0, 0.05) is 44.7 Å². The molecule has 0 bridgehead atoms. The molecular weight excluding hydrogens is 591 g/mol. The number of halogens is 1. The van der Waals surface area contributed by atoms with Crippen molar-refractivity contribution in [1.82, 2.24) is 19.6 Å². The van der Waals surface area contributed by atoms with Crippen LogP contribution < -0.4 is 11.5 Å². The molecule has 2 heterocycles. The molecule has 2 aromatic rings. The summed E-state index contributed by atoms with van der Waals surface area (Å²) in [6, 6.07) is 3.79. The van der Waals surface area contributed by atoms with Gasteiger partial charge >= 0.3 is 0 Å². The molecule has 4 N–H and O–H groups in total. The van der Waals surface area contributed by atoms with E-state index in [2.05, 4.69) is 32.8 Å². The molecule has 10 heteroatoms. The molecule has 2 aliphatic rings. The molecule has 0 amide bonds. The number of nitrogens with two attached hydrogens (primary N) is 2. The maximum atomic E-state index is 10.6. The molecule has 2 aromatic heterocycles. The lowest BCUT2D eigenvalue weighted by atomic mass is 9.91. The molecule has 0 spiro atoms. The minimum atomic E-state index is 0. The summed E-state index contributed by atoms with van der Waals surface area (Å²) in [6.07, 6.45) is 13.9. The van der Waals surface area contributed by atoms with Gasteiger partial charge in [-0.3, -0.25) is 14.2 Å². The smallest absolute Gasteiger partial charge is 0.185 e. The van der Waals surface area contributed by atoms with Crippen molar-refractivity contribution in [2.24, 2.45) is 25.9 Å². The van der Waals surface area contributed by atoms with Crippen LogP contribution in [-0.4, -0.2) is 36.2 Å². The Kier molecular flexibility index (Phi) is 16.1. The van der Waals surface area contributed by atoms with Gasteiger partial charge in [-0.15, -0.1) is 11.8 Å². The number of aromatic nitrogens is 4. The second kappa shape index (κ2) is 17.6. The van der Waals surface area contributed by atoms with E-state index < -0.39 is 0 Å². The van der Waals surface area contributed by atoms with Crippen LogP contribution in [0.5, 0.6) is 0 Å². The van der Waals surface area contributed by atoms with Crippen molar-refractivity contribution < 1.29 is 4.79 Å². The summed E-state index contributed by atoms with van der Waals surface area (Å²) in [5, 5.41) is 9.51. The van der Waals surface area contributed by atoms with Gasteiger partial charge in [-0.25, -0.2) is 0 Å². The Labute approximate surface area is 234 Å². The van der Waals surface area contributed by atoms with Crippen molar-refractivity contribution in [2.75, 3.05) is 23.0 Å². The zero-order valence-electron chi connectivity index (χ0n) is 20.8. The van der Waals surface area contributed by atoms with Crippen molar-refractivity contribution >= 4 is 62.9 Å². The fraction of sp³-hybridized carbons (Fsp3) is 0.720. The van der Waals surface area contributed by atoms with Crippen LogP contribution in [0.2, 0.25) is 0 Å². The van der Waals surface area contributed by atoms with Gasteiger partial charge < -0.3 is 11.5 Å². The van der Waals surface area contributed by atoms with Crippen LogP contribution in [0.3, 0.4) is 0 Å². The average Bonchev–Trinajstić information content (AvgIpc) is 3.30. The number of nitrogens with zero attached hydrogens (tertiary/aromatic N) is 4. The number of nitrogen functional groups attached to an aromatic ring is 2. The molecule has 0 unspecified atom stereocenters. The van der Waals surface area contributed by atoms with Crippen LogP contribution in [0.1, 0.15) is 78.6 Å². The van der Waals surface area contributed by atoms with E-state index >= 15 is 0 Å². The molecule has 0 aromatic carbocycles. The normalized spacial score (nSPS) is 16.3. The first-order valence-corrected chi connectivity index (χ1v) is 15.3. The van der Waals surface area contributed by atoms with Crippen LogP contribution in [0.15, 0.2) is 17.2 Å². The van der Waals surface area contributed by atoms with Crippen molar-refractivity contribution in [3.8, 4) is 0 Å². The second-order valence-electron chi connectivity index (χ2n) is 9.17. The molecule has 2 saturated carbocycles. The van der Waals surface area contributed by atoms with Gasteiger partial charge in [-0.05, 0) is 60.1 Å². The third-order valence-electron chi connectivity index (χ3n) is 6.14. The maximum absolute atomic E-state index is 10.6. The topological polar surface area (TPSA) is 105 Å². The quantitative estimate of drug-likeness (QED) is 0.276. The second-order valence-corrected chi connectivity index (χ2v) is 12.5. The van der Waals surface area contributed by atoms with Crippen LogP contribution >= 0.6 is 46.1 Å². The number of carbonyl (C=O) groups excluding carboxylic acids is 1. The molecule has 35 heavy (non-hydrogen) atoms. The van der Waals surface area contributed by atoms with Crippen LogP contribution in [-0.2, 0) is 18.9 Å². The standard InChI is InChI=1S/C11H19N3S.C9H16OS.C4H6IN3.CH4/c1-14-11(7-10(12)13-14)15-8-9-5-3-2-4-6-9;1-8(10)11-7-9-5-3-2-4-6-9;1-8-3(5)2-4(6)7-8;/h7,9H,2-6,8H2,1H3,(H2,12,13);9H,2-7H2,1H3;2H,1H3,(H2,6,7);1H4. The van der Waals surface area contributed by atoms with Crippen molar-refractivity contribution in [3.63, 3.8) is 0 Å². The van der Waals surface area contributed by atoms with E-state index in [-0.39, 0.29) is 12.5 Å². The zero-order valence-corrected chi connectivity index (χ0v) is 24.6. The van der Waals surface area contributed by atoms with Crippen molar-refractivity contribution in [1.29, 1.82) is 0 Å². The maximum Gasteiger partial charge on any atom is 0.185 e. The third-order valence-corrected chi connectivity index (χ3v) is 9.51. The predicted octanol–water partition coefficient (Wildman–Crippen LogP) is 6.76. The number of hydrogen-bond acceptors (Lipinski definition) is 7. The van der Waals surface area contributed by atoms with Gasteiger partial charge in [-0.1, -0.05) is 57.7 Å². The largest absolute Gasteiger partial charge is 0.382 e. The lowest BCUT2D eigenvalue weighted by Crippen LogP contribution is -2.09. The van der Waals surface area contributed by atoms with E-state index in [0.29, 0.717) is 11.6 Å². The fourth-order valence-corrected chi connectivity index (χ4v) is 6.62. The van der Waals surface area contributed by atoms with Gasteiger partial charge in [0.1, 0.15) is 15.3 Å². The van der Waals surface area contributed by atoms with E-state index in [0.717, 1.165) is 21.3 Å². The van der Waals surface area contributed by atoms with Gasteiger partial charge in [0.25, 0.3) is 0 Å². The number of rotatable bonds is 5. The number of hydrogen-bond donors (Lipinski definition) is 2. The summed E-state index contributed by atoms with van der Waals surface area (Å²) in [5.41, 5.74) is 11.0. The first-order chi connectivity index (χ1) is 16.2. The zero-order chi connectivity index (χ0) is 24.9. The summed E-state index contributed by atoms with van der Waals surface area (Å²) in [7, 11) is 3.82. The lowest BCUT2D eigenvalue weighted by molar-refractivity contribution is -0.109. The molecule has 0 atom stereocenters. The Hall–Kier alpha value is -0.880. The Morgan fingerprint density at radius 2 is 1.40 bits per heavy atom. The van der Waals surface area contributed by atoms with Crippen LogP contribution in [0, 0.1) is 15.5 Å². The Bertz CT molecular complexity index is 841. The molecule has 0 saturated heterocycles. The van der Waals surface area contributed by atoms with Gasteiger partial charge in [0.15, 0.2) is 5.12 Å². The molecule has 2 fully saturated rings. The predicted molar refractivity (Wildman–Crippen MR) is 162 cm³/mol. The van der Waals surface area contributed by atoms with Crippen molar-refractivity contribution in [2.45, 2.75) is 83.6 Å². The highest BCUT2D eigenvalue weighted by molar-refractivity contribution is 14.1. The number of thioether (sulfide) groups is 2. The minimum absolute atomic E-state index is 0. The van der Waals surface area contributed by atoms with Crippen molar-refractivity contribution in [3.05, 3.63) is 15.8 Å². The summed E-state index contributed by atoms with van der Waals surface area (Å²) in [6.45, 7) is 1.66. The van der Waals surface area contributed by atoms with E-state index in [1.807, 2.05) is 42.7 Å². The summed E-state index contributed by atoms with van der Waals surface area (Å²) in [5.74, 6) is 5.23. The average molecular weight is 637 g/mol. The monoisotopic (exact) mass is 636 g/mol. The van der Waals surface area contributed by atoms with Crippen LogP contribution in [0.4, 0.5) is 11.6 Å². The SMILES string of the molecule is C.CC(=O)SCC1CCCCC1.Cn1nc(N)cc1I.Cn1nc(N)cc1SCC1CCCCC1. The summed E-state index contributed by atoms with van der Waals surface area (Å²) in [4.78, 5) is 10.6. The molecule has 4 rings (SSSR count). The lowest BCUT2D eigenvalue weighted by Gasteiger charge is -2.20. The Morgan fingerprint density at radius 1 is 0.914 bits per heavy atom. The van der Waals surface area contributed by atoms with E-state index in [9.17, 15) is 4.79 Å². The molecule has 0 radical (unpaired) electrons. The molecule has 200 valence electrons. The fourth-order valence-electron chi connectivity index (χ4n) is 4.22. The van der Waals surface area contributed by atoms with Gasteiger partial charge in [-0.2, -0.15) is 10.2 Å². The van der Waals surface area contributed by atoms with Gasteiger partial charge in [0.05, 0.1) is 5.03 Å². The Morgan fingerprint density at radius 3 is 1.77 bits per heavy atom. The highest BCUT2D eigenvalue weighted by atomic mass is 127. The minimum Gasteiger partial charge on any atom is -0.382 e. The summed E-state index contributed by atoms with van der Waals surface area (Å²) < 4.78 is 4.67. The molecule has 2 aliphatic carbocycles. The number of carbonyl (C=O) groups is 1. The highest BCUT2D eigenvalue weighted by Gasteiger charge is 2.15. The first kappa shape index (κ1) is 32.1. The molecular formula is C25H45IN6OS2. The van der Waals surface area contributed by atoms with Gasteiger partial charge in [0.2, 0.25) is 0 Å².